The fraction of sp³-hybridized carbons (Fsp3) is 0.381. The number of methoxy groups -OCH3 is 1. The number of hydrogen-bond acceptors (Lipinski definition) is 5. The Morgan fingerprint density at radius 3 is 2.67 bits per heavy atom. The first-order chi connectivity index (χ1) is 13.1. The number of hydrogen-bond donors (Lipinski definition) is 1. The number of aryl methyl sites for hydroxylation is 2. The normalized spacial score (nSPS) is 21.9. The summed E-state index contributed by atoms with van der Waals surface area (Å²) >= 11 is 0. The van der Waals surface area contributed by atoms with Crippen LogP contribution in [0.15, 0.2) is 42.5 Å². The second-order valence-corrected chi connectivity index (χ2v) is 6.79. The Balaban J connectivity index is 1.82. The van der Waals surface area contributed by atoms with Gasteiger partial charge in [-0.15, -0.1) is 0 Å². The van der Waals surface area contributed by atoms with E-state index in [1.54, 1.807) is 7.11 Å². The maximum atomic E-state index is 11.0. The topological polar surface area (TPSA) is 65.7 Å². The van der Waals surface area contributed by atoms with Crippen molar-refractivity contribution in [1.29, 1.82) is 0 Å². The van der Waals surface area contributed by atoms with E-state index in [9.17, 15) is 5.11 Å². The van der Waals surface area contributed by atoms with Gasteiger partial charge in [-0.05, 0) is 18.6 Å². The van der Waals surface area contributed by atoms with Gasteiger partial charge in [-0.3, -0.25) is 0 Å². The molecular formula is C21H24N2O4. The lowest BCUT2D eigenvalue weighted by atomic mass is 9.91. The van der Waals surface area contributed by atoms with Crippen LogP contribution in [0.1, 0.15) is 29.2 Å². The largest absolute Gasteiger partial charge is 0.480 e. The second kappa shape index (κ2) is 7.31. The van der Waals surface area contributed by atoms with Crippen LogP contribution in [-0.4, -0.2) is 41.1 Å². The minimum Gasteiger partial charge on any atom is -0.480 e. The molecule has 2 heterocycles. The number of aliphatic hydroxyl groups is 1. The molecule has 0 spiro atoms. The van der Waals surface area contributed by atoms with Crippen molar-refractivity contribution in [2.24, 2.45) is 7.05 Å². The fourth-order valence-corrected chi connectivity index (χ4v) is 3.61. The van der Waals surface area contributed by atoms with E-state index in [0.717, 1.165) is 28.0 Å². The van der Waals surface area contributed by atoms with E-state index in [4.69, 9.17) is 14.2 Å². The van der Waals surface area contributed by atoms with Crippen LogP contribution in [0.25, 0.3) is 11.0 Å². The van der Waals surface area contributed by atoms with Crippen molar-refractivity contribution < 1.29 is 19.3 Å². The summed E-state index contributed by atoms with van der Waals surface area (Å²) in [5.41, 5.74) is 3.50. The third kappa shape index (κ3) is 3.10. The molecule has 3 aromatic rings. The van der Waals surface area contributed by atoms with E-state index >= 15 is 0 Å². The van der Waals surface area contributed by atoms with E-state index in [-0.39, 0.29) is 0 Å². The van der Waals surface area contributed by atoms with Crippen molar-refractivity contribution in [1.82, 2.24) is 9.55 Å². The van der Waals surface area contributed by atoms with Gasteiger partial charge in [0.1, 0.15) is 23.5 Å². The van der Waals surface area contributed by atoms with E-state index < -0.39 is 18.3 Å². The van der Waals surface area contributed by atoms with Crippen LogP contribution in [0.5, 0.6) is 5.75 Å². The highest BCUT2D eigenvalue weighted by Crippen LogP contribution is 2.46. The SMILES string of the molecule is COCCO[C@H]1c2ccc3c(nc(C)n3C)c2O[C@H](c2ccccc2)[C@H]1O. The number of ether oxygens (including phenoxy) is 3. The van der Waals surface area contributed by atoms with Crippen LogP contribution in [0.3, 0.4) is 0 Å². The highest BCUT2D eigenvalue weighted by molar-refractivity contribution is 5.84. The molecule has 6 nitrogen and oxygen atoms in total. The smallest absolute Gasteiger partial charge is 0.154 e. The van der Waals surface area contributed by atoms with Crippen molar-refractivity contribution >= 4 is 11.0 Å². The van der Waals surface area contributed by atoms with Crippen molar-refractivity contribution in [2.45, 2.75) is 25.2 Å². The van der Waals surface area contributed by atoms with Crippen LogP contribution in [0, 0.1) is 6.92 Å². The van der Waals surface area contributed by atoms with Crippen molar-refractivity contribution in [3.8, 4) is 5.75 Å². The first-order valence-electron chi connectivity index (χ1n) is 9.08. The number of imidazole rings is 1. The highest BCUT2D eigenvalue weighted by Gasteiger charge is 2.40. The quantitative estimate of drug-likeness (QED) is 0.701. The van der Waals surface area contributed by atoms with E-state index in [1.165, 1.54) is 0 Å². The number of aromatic nitrogens is 2. The Kier molecular flexibility index (Phi) is 4.86. The first kappa shape index (κ1) is 18.0. The molecule has 0 amide bonds. The standard InChI is InChI=1S/C21H24N2O4/c1-13-22-17-16(23(13)2)10-9-15-20(17)27-19(14-7-5-4-6-8-14)18(24)21(15)26-12-11-25-3/h4-10,18-19,21,24H,11-12H2,1-3H3/t18-,19-,21+/m1/s1. The van der Waals surface area contributed by atoms with Gasteiger partial charge < -0.3 is 23.9 Å². The lowest BCUT2D eigenvalue weighted by molar-refractivity contribution is -0.108. The number of rotatable bonds is 5. The summed E-state index contributed by atoms with van der Waals surface area (Å²) in [7, 11) is 3.61. The van der Waals surface area contributed by atoms with Gasteiger partial charge in [0, 0.05) is 19.7 Å². The molecule has 1 aliphatic heterocycles. The maximum absolute atomic E-state index is 11.0. The minimum absolute atomic E-state index is 0.387. The molecule has 0 unspecified atom stereocenters. The van der Waals surface area contributed by atoms with Crippen LogP contribution >= 0.6 is 0 Å². The molecular weight excluding hydrogens is 344 g/mol. The average molecular weight is 368 g/mol. The fourth-order valence-electron chi connectivity index (χ4n) is 3.61. The van der Waals surface area contributed by atoms with E-state index in [0.29, 0.717) is 19.0 Å². The Labute approximate surface area is 158 Å². The summed E-state index contributed by atoms with van der Waals surface area (Å²) in [5.74, 6) is 1.58. The van der Waals surface area contributed by atoms with Crippen molar-refractivity contribution in [3.05, 3.63) is 59.4 Å². The van der Waals surface area contributed by atoms with Gasteiger partial charge >= 0.3 is 0 Å². The molecule has 4 rings (SSSR count). The zero-order valence-electron chi connectivity index (χ0n) is 15.8. The monoisotopic (exact) mass is 368 g/mol. The van der Waals surface area contributed by atoms with Crippen LogP contribution in [0.4, 0.5) is 0 Å². The summed E-state index contributed by atoms with van der Waals surface area (Å²) in [5, 5.41) is 11.0. The number of benzene rings is 2. The molecule has 0 aliphatic carbocycles. The van der Waals surface area contributed by atoms with Crippen molar-refractivity contribution in [2.75, 3.05) is 20.3 Å². The first-order valence-corrected chi connectivity index (χ1v) is 9.08. The van der Waals surface area contributed by atoms with Crippen LogP contribution in [-0.2, 0) is 16.5 Å². The van der Waals surface area contributed by atoms with Gasteiger partial charge in [0.05, 0.1) is 18.7 Å². The number of nitrogens with zero attached hydrogens (tertiary/aromatic N) is 2. The zero-order valence-corrected chi connectivity index (χ0v) is 15.8. The molecule has 0 saturated heterocycles. The predicted octanol–water partition coefficient (Wildman–Crippen LogP) is 3.08. The Hall–Kier alpha value is -2.41. The average Bonchev–Trinajstić information content (AvgIpc) is 2.98. The third-order valence-electron chi connectivity index (χ3n) is 5.15. The minimum atomic E-state index is -0.834. The summed E-state index contributed by atoms with van der Waals surface area (Å²) in [6.07, 6.45) is -1.88. The molecule has 2 aromatic carbocycles. The van der Waals surface area contributed by atoms with Gasteiger partial charge in [-0.25, -0.2) is 4.98 Å². The van der Waals surface area contributed by atoms with Crippen LogP contribution < -0.4 is 4.74 Å². The molecule has 142 valence electrons. The second-order valence-electron chi connectivity index (χ2n) is 6.79. The van der Waals surface area contributed by atoms with Gasteiger partial charge in [-0.2, -0.15) is 0 Å². The molecule has 0 bridgehead atoms. The highest BCUT2D eigenvalue weighted by atomic mass is 16.5. The third-order valence-corrected chi connectivity index (χ3v) is 5.15. The molecule has 27 heavy (non-hydrogen) atoms. The Morgan fingerprint density at radius 2 is 1.93 bits per heavy atom. The van der Waals surface area contributed by atoms with Gasteiger partial charge in [-0.1, -0.05) is 36.4 Å². The lowest BCUT2D eigenvalue weighted by Gasteiger charge is -2.37. The van der Waals surface area contributed by atoms with Gasteiger partial charge in [0.15, 0.2) is 11.9 Å². The molecule has 0 fully saturated rings. The summed E-state index contributed by atoms with van der Waals surface area (Å²) in [6, 6.07) is 13.7. The predicted molar refractivity (Wildman–Crippen MR) is 102 cm³/mol. The summed E-state index contributed by atoms with van der Waals surface area (Å²) in [4.78, 5) is 4.69. The summed E-state index contributed by atoms with van der Waals surface area (Å²) in [6.45, 7) is 2.81. The Bertz CT molecular complexity index is 938. The zero-order chi connectivity index (χ0) is 19.0. The molecule has 1 aromatic heterocycles. The van der Waals surface area contributed by atoms with Crippen LogP contribution in [0.2, 0.25) is 0 Å². The molecule has 0 radical (unpaired) electrons. The molecule has 1 aliphatic rings. The molecule has 3 atom stereocenters. The molecule has 1 N–H and O–H groups in total. The molecule has 6 heteroatoms. The number of fused-ring (bicyclic) bond motifs is 3. The van der Waals surface area contributed by atoms with E-state index in [2.05, 4.69) is 4.98 Å². The van der Waals surface area contributed by atoms with Gasteiger partial charge in [0.25, 0.3) is 0 Å². The van der Waals surface area contributed by atoms with Crippen molar-refractivity contribution in [3.63, 3.8) is 0 Å². The summed E-state index contributed by atoms with van der Waals surface area (Å²) < 4.78 is 19.5. The molecule has 0 saturated carbocycles. The number of aliphatic hydroxyl groups excluding tert-OH is 1. The van der Waals surface area contributed by atoms with E-state index in [1.807, 2.05) is 61.0 Å². The Morgan fingerprint density at radius 1 is 1.15 bits per heavy atom. The van der Waals surface area contributed by atoms with Gasteiger partial charge in [0.2, 0.25) is 0 Å². The lowest BCUT2D eigenvalue weighted by Crippen LogP contribution is -2.36. The maximum Gasteiger partial charge on any atom is 0.154 e.